The molecule has 39 heavy (non-hydrogen) atoms. The molecule has 0 heterocycles. The van der Waals surface area contributed by atoms with Gasteiger partial charge in [0.25, 0.3) is 0 Å². The zero-order valence-electron chi connectivity index (χ0n) is 25.5. The van der Waals surface area contributed by atoms with Gasteiger partial charge in [-0.15, -0.1) is 0 Å². The quantitative estimate of drug-likeness (QED) is 0.0854. The Morgan fingerprint density at radius 3 is 2.05 bits per heavy atom. The normalized spacial score (nSPS) is 12.3. The Hall–Kier alpha value is -2.33. The number of unbranched alkanes of at least 4 members (excludes halogenated alkanes) is 10. The highest BCUT2D eigenvalue weighted by Crippen LogP contribution is 2.18. The van der Waals surface area contributed by atoms with Crippen molar-refractivity contribution in [2.75, 3.05) is 33.9 Å². The topological polar surface area (TPSA) is 35.5 Å². The highest BCUT2D eigenvalue weighted by Gasteiger charge is 2.25. The predicted molar refractivity (Wildman–Crippen MR) is 164 cm³/mol. The van der Waals surface area contributed by atoms with E-state index in [2.05, 4.69) is 63.5 Å². The van der Waals surface area contributed by atoms with Crippen molar-refractivity contribution in [3.05, 3.63) is 65.7 Å². The first-order valence-electron chi connectivity index (χ1n) is 15.6. The molecule has 1 atom stereocenters. The highest BCUT2D eigenvalue weighted by molar-refractivity contribution is 5.72. The van der Waals surface area contributed by atoms with Crippen LogP contribution in [0.25, 0.3) is 0 Å². The van der Waals surface area contributed by atoms with E-state index in [-0.39, 0.29) is 11.9 Å². The summed E-state index contributed by atoms with van der Waals surface area (Å²) in [5.74, 6) is 0.719. The lowest BCUT2D eigenvalue weighted by Gasteiger charge is -2.31. The lowest BCUT2D eigenvalue weighted by Crippen LogP contribution is -2.44. The smallest absolute Gasteiger partial charge is 0.314 e. The minimum Gasteiger partial charge on any atom is -0.494 e. The number of quaternary nitrogens is 1. The maximum Gasteiger partial charge on any atom is 0.314 e. The van der Waals surface area contributed by atoms with E-state index < -0.39 is 0 Å². The third-order valence-corrected chi connectivity index (χ3v) is 7.39. The monoisotopic (exact) mass is 538 g/mol. The van der Waals surface area contributed by atoms with Gasteiger partial charge in [-0.3, -0.25) is 4.79 Å². The summed E-state index contributed by atoms with van der Waals surface area (Å²) in [4.78, 5) is 12.5. The molecule has 0 bridgehead atoms. The van der Waals surface area contributed by atoms with Crippen LogP contribution >= 0.6 is 0 Å². The first-order valence-corrected chi connectivity index (χ1v) is 15.6. The molecule has 218 valence electrons. The predicted octanol–water partition coefficient (Wildman–Crippen LogP) is 8.76. The summed E-state index contributed by atoms with van der Waals surface area (Å²) in [5.41, 5.74) is 2.65. The van der Waals surface area contributed by atoms with Crippen molar-refractivity contribution in [1.29, 1.82) is 0 Å². The Bertz CT molecular complexity index is 896. The van der Waals surface area contributed by atoms with Crippen molar-refractivity contribution >= 4 is 5.97 Å². The fourth-order valence-electron chi connectivity index (χ4n) is 5.27. The molecule has 0 N–H and O–H groups in total. The molecule has 0 aliphatic carbocycles. The van der Waals surface area contributed by atoms with E-state index in [9.17, 15) is 4.79 Å². The number of ether oxygens (including phenoxy) is 2. The van der Waals surface area contributed by atoms with Crippen LogP contribution in [0.5, 0.6) is 5.75 Å². The molecular weight excluding hydrogens is 482 g/mol. The summed E-state index contributed by atoms with van der Waals surface area (Å²) < 4.78 is 12.3. The number of benzene rings is 2. The second-order valence-corrected chi connectivity index (χ2v) is 12.0. The first-order chi connectivity index (χ1) is 18.9. The molecule has 4 heteroatoms. The van der Waals surface area contributed by atoms with Gasteiger partial charge >= 0.3 is 5.97 Å². The molecule has 2 aromatic carbocycles. The van der Waals surface area contributed by atoms with Crippen molar-refractivity contribution in [2.24, 2.45) is 5.92 Å². The fourth-order valence-corrected chi connectivity index (χ4v) is 5.27. The van der Waals surface area contributed by atoms with E-state index in [0.717, 1.165) is 42.6 Å². The molecule has 2 aromatic rings. The zero-order valence-corrected chi connectivity index (χ0v) is 25.5. The molecule has 1 unspecified atom stereocenters. The van der Waals surface area contributed by atoms with Crippen molar-refractivity contribution < 1.29 is 18.8 Å². The Balaban J connectivity index is 1.52. The number of rotatable bonds is 22. The van der Waals surface area contributed by atoms with Crippen LogP contribution in [0, 0.1) is 5.92 Å². The third-order valence-electron chi connectivity index (χ3n) is 7.39. The number of aryl methyl sites for hydroxylation is 1. The number of carbonyl (C=O) groups is 1. The number of carbonyl (C=O) groups excluding carboxylic acids is 1. The SMILES string of the molecule is CCCCCCCCCCCCc1cccc(OCCCCOC(=O)C(C)C[N+](C)(C)Cc2ccccc2)c1. The zero-order chi connectivity index (χ0) is 28.2. The van der Waals surface area contributed by atoms with E-state index in [1.165, 1.54) is 75.3 Å². The largest absolute Gasteiger partial charge is 0.494 e. The van der Waals surface area contributed by atoms with E-state index in [1.807, 2.05) is 19.1 Å². The van der Waals surface area contributed by atoms with Crippen molar-refractivity contribution in [1.82, 2.24) is 0 Å². The van der Waals surface area contributed by atoms with Gasteiger partial charge < -0.3 is 14.0 Å². The highest BCUT2D eigenvalue weighted by atomic mass is 16.5. The van der Waals surface area contributed by atoms with E-state index in [0.29, 0.717) is 13.2 Å². The average Bonchev–Trinajstić information content (AvgIpc) is 2.91. The van der Waals surface area contributed by atoms with E-state index in [4.69, 9.17) is 9.47 Å². The molecule has 0 radical (unpaired) electrons. The van der Waals surface area contributed by atoms with Crippen molar-refractivity contribution in [2.45, 2.75) is 104 Å². The second-order valence-electron chi connectivity index (χ2n) is 12.0. The number of hydrogen-bond donors (Lipinski definition) is 0. The van der Waals surface area contributed by atoms with E-state index >= 15 is 0 Å². The number of hydrogen-bond acceptors (Lipinski definition) is 3. The number of esters is 1. The number of nitrogens with zero attached hydrogens (tertiary/aromatic N) is 1. The van der Waals surface area contributed by atoms with Crippen LogP contribution < -0.4 is 4.74 Å². The van der Waals surface area contributed by atoms with Crippen LogP contribution in [0.1, 0.15) is 102 Å². The lowest BCUT2D eigenvalue weighted by molar-refractivity contribution is -0.905. The van der Waals surface area contributed by atoms with Gasteiger partial charge in [0.1, 0.15) is 18.2 Å². The van der Waals surface area contributed by atoms with Crippen LogP contribution in [-0.4, -0.2) is 44.3 Å². The summed E-state index contributed by atoms with van der Waals surface area (Å²) in [7, 11) is 4.33. The van der Waals surface area contributed by atoms with E-state index in [1.54, 1.807) is 0 Å². The molecule has 0 aliphatic rings. The minimum absolute atomic E-state index is 0.102. The Kier molecular flexibility index (Phi) is 16.6. The Morgan fingerprint density at radius 2 is 1.36 bits per heavy atom. The van der Waals surface area contributed by atoms with Crippen LogP contribution in [0.15, 0.2) is 54.6 Å². The Morgan fingerprint density at radius 1 is 0.744 bits per heavy atom. The van der Waals surface area contributed by atoms with Crippen LogP contribution in [0.2, 0.25) is 0 Å². The van der Waals surface area contributed by atoms with Crippen molar-refractivity contribution in [3.63, 3.8) is 0 Å². The van der Waals surface area contributed by atoms with Gasteiger partial charge in [0.05, 0.1) is 33.9 Å². The summed E-state index contributed by atoms with van der Waals surface area (Å²) in [5, 5.41) is 0. The van der Waals surface area contributed by atoms with Gasteiger partial charge in [0.15, 0.2) is 0 Å². The summed E-state index contributed by atoms with van der Waals surface area (Å²) in [6, 6.07) is 19.0. The Labute approximate surface area is 239 Å². The van der Waals surface area contributed by atoms with Gasteiger partial charge in [0.2, 0.25) is 0 Å². The second kappa shape index (κ2) is 19.7. The lowest BCUT2D eigenvalue weighted by atomic mass is 10.0. The molecule has 0 fully saturated rings. The van der Waals surface area contributed by atoms with Crippen LogP contribution in [0.4, 0.5) is 0 Å². The van der Waals surface area contributed by atoms with Gasteiger partial charge in [-0.1, -0.05) is 107 Å². The maximum atomic E-state index is 12.5. The fraction of sp³-hybridized carbons (Fsp3) is 0.629. The molecule has 2 rings (SSSR count). The molecule has 0 aliphatic heterocycles. The average molecular weight is 539 g/mol. The minimum atomic E-state index is -0.127. The summed E-state index contributed by atoms with van der Waals surface area (Å²) in [6.07, 6.45) is 16.5. The van der Waals surface area contributed by atoms with Gasteiger partial charge in [-0.25, -0.2) is 0 Å². The molecule has 4 nitrogen and oxygen atoms in total. The van der Waals surface area contributed by atoms with Gasteiger partial charge in [0, 0.05) is 5.56 Å². The maximum absolute atomic E-state index is 12.5. The third kappa shape index (κ3) is 15.8. The summed E-state index contributed by atoms with van der Waals surface area (Å²) in [6.45, 7) is 7.01. The van der Waals surface area contributed by atoms with Crippen molar-refractivity contribution in [3.8, 4) is 5.75 Å². The van der Waals surface area contributed by atoms with Gasteiger partial charge in [-0.2, -0.15) is 0 Å². The molecule has 0 amide bonds. The standard InChI is InChI=1S/C35H56NO3/c1-5-6-7-8-9-10-11-12-13-15-21-32-24-20-25-34(28-32)38-26-18-19-27-39-35(37)31(2)29-36(3,4)30-33-22-16-14-17-23-33/h14,16-17,20,22-25,28,31H,5-13,15,18-19,21,26-27,29-30H2,1-4H3/q+1. The summed E-state index contributed by atoms with van der Waals surface area (Å²) >= 11 is 0. The molecule has 0 aromatic heterocycles. The molecule has 0 spiro atoms. The molecule has 0 saturated carbocycles. The molecular formula is C35H56NO3+. The van der Waals surface area contributed by atoms with Gasteiger partial charge in [-0.05, 0) is 50.3 Å². The first kappa shape index (κ1) is 32.9. The van der Waals surface area contributed by atoms with Crippen LogP contribution in [-0.2, 0) is 22.5 Å². The van der Waals surface area contributed by atoms with Crippen LogP contribution in [0.3, 0.4) is 0 Å². The molecule has 0 saturated heterocycles.